The molecule has 2 heterocycles. The normalized spacial score (nSPS) is 24.6. The van der Waals surface area contributed by atoms with E-state index in [0.717, 1.165) is 25.1 Å². The molecule has 0 saturated carbocycles. The lowest BCUT2D eigenvalue weighted by Gasteiger charge is -2.28. The monoisotopic (exact) mass is 351 g/mol. The fraction of sp³-hybridized carbons (Fsp3) is 0.556. The first-order chi connectivity index (χ1) is 11.1. The molecular formula is C18H26ClN3O2. The number of amides is 2. The van der Waals surface area contributed by atoms with Crippen LogP contribution in [0.1, 0.15) is 31.4 Å². The van der Waals surface area contributed by atoms with Gasteiger partial charge in [-0.2, -0.15) is 0 Å². The molecule has 132 valence electrons. The van der Waals surface area contributed by atoms with Crippen LogP contribution in [0.25, 0.3) is 0 Å². The Labute approximate surface area is 149 Å². The van der Waals surface area contributed by atoms with Gasteiger partial charge in [-0.3, -0.25) is 9.59 Å². The predicted octanol–water partition coefficient (Wildman–Crippen LogP) is 1.84. The maximum absolute atomic E-state index is 12.7. The Morgan fingerprint density at radius 3 is 2.67 bits per heavy atom. The molecule has 0 spiro atoms. The molecule has 1 N–H and O–H groups in total. The molecule has 0 radical (unpaired) electrons. The van der Waals surface area contributed by atoms with Crippen LogP contribution in [0.3, 0.4) is 0 Å². The molecular weight excluding hydrogens is 326 g/mol. The van der Waals surface area contributed by atoms with Crippen LogP contribution in [-0.2, 0) is 9.59 Å². The minimum Gasteiger partial charge on any atom is -0.341 e. The molecule has 3 unspecified atom stereocenters. The molecule has 1 aromatic rings. The lowest BCUT2D eigenvalue weighted by atomic mass is 10.1. The van der Waals surface area contributed by atoms with Gasteiger partial charge in [0.05, 0.1) is 12.0 Å². The average Bonchev–Trinajstić information content (AvgIpc) is 3.23. The number of nitrogens with zero attached hydrogens (tertiary/aromatic N) is 2. The number of benzene rings is 1. The Morgan fingerprint density at radius 2 is 2.04 bits per heavy atom. The Hall–Kier alpha value is -1.59. The van der Waals surface area contributed by atoms with Gasteiger partial charge in [0.2, 0.25) is 11.8 Å². The van der Waals surface area contributed by atoms with Crippen molar-refractivity contribution in [2.75, 3.05) is 26.7 Å². The second-order valence-electron chi connectivity index (χ2n) is 6.63. The van der Waals surface area contributed by atoms with E-state index in [1.165, 1.54) is 0 Å². The third-order valence-corrected chi connectivity index (χ3v) is 5.19. The van der Waals surface area contributed by atoms with Crippen LogP contribution in [0.4, 0.5) is 0 Å². The van der Waals surface area contributed by atoms with Gasteiger partial charge in [0.15, 0.2) is 0 Å². The van der Waals surface area contributed by atoms with E-state index in [-0.39, 0.29) is 42.2 Å². The standard InChI is InChI=1S/C18H25N3O2.ClH/c1-13(14-6-4-3-5-7-14)21-12-15(10-17(21)22)18(23)20(2)16-8-9-19-11-16;/h3-7,13,15-16,19H,8-12H2,1-2H3;1H. The molecule has 6 heteroatoms. The third-order valence-electron chi connectivity index (χ3n) is 5.19. The van der Waals surface area contributed by atoms with Crippen LogP contribution in [-0.4, -0.2) is 54.3 Å². The summed E-state index contributed by atoms with van der Waals surface area (Å²) in [6.07, 6.45) is 1.33. The van der Waals surface area contributed by atoms with E-state index >= 15 is 0 Å². The fourth-order valence-corrected chi connectivity index (χ4v) is 3.62. The molecule has 0 aliphatic carbocycles. The van der Waals surface area contributed by atoms with Crippen LogP contribution < -0.4 is 5.32 Å². The first-order valence-corrected chi connectivity index (χ1v) is 8.39. The molecule has 1 aromatic carbocycles. The van der Waals surface area contributed by atoms with Gasteiger partial charge in [0, 0.05) is 32.6 Å². The van der Waals surface area contributed by atoms with Gasteiger partial charge in [-0.1, -0.05) is 30.3 Å². The molecule has 5 nitrogen and oxygen atoms in total. The quantitative estimate of drug-likeness (QED) is 0.900. The highest BCUT2D eigenvalue weighted by Gasteiger charge is 2.39. The van der Waals surface area contributed by atoms with Crippen molar-refractivity contribution in [1.29, 1.82) is 0 Å². The van der Waals surface area contributed by atoms with E-state index in [0.29, 0.717) is 13.0 Å². The van der Waals surface area contributed by atoms with Gasteiger partial charge in [-0.15, -0.1) is 12.4 Å². The highest BCUT2D eigenvalue weighted by Crippen LogP contribution is 2.29. The average molecular weight is 352 g/mol. The van der Waals surface area contributed by atoms with Crippen molar-refractivity contribution >= 4 is 24.2 Å². The van der Waals surface area contributed by atoms with Crippen LogP contribution in [0.2, 0.25) is 0 Å². The molecule has 2 amide bonds. The van der Waals surface area contributed by atoms with Crippen LogP contribution >= 0.6 is 12.4 Å². The highest BCUT2D eigenvalue weighted by atomic mass is 35.5. The highest BCUT2D eigenvalue weighted by molar-refractivity contribution is 5.89. The van der Waals surface area contributed by atoms with Crippen molar-refractivity contribution < 1.29 is 9.59 Å². The second-order valence-corrected chi connectivity index (χ2v) is 6.63. The summed E-state index contributed by atoms with van der Waals surface area (Å²) in [5, 5.41) is 3.28. The summed E-state index contributed by atoms with van der Waals surface area (Å²) in [5.74, 6) is -0.0216. The van der Waals surface area contributed by atoms with Gasteiger partial charge in [0.1, 0.15) is 0 Å². The number of carbonyl (C=O) groups excluding carboxylic acids is 2. The molecule has 2 aliphatic heterocycles. The number of likely N-dealkylation sites (tertiary alicyclic amines) is 1. The van der Waals surface area contributed by atoms with E-state index in [1.807, 2.05) is 54.1 Å². The van der Waals surface area contributed by atoms with Gasteiger partial charge < -0.3 is 15.1 Å². The SMILES string of the molecule is CC(c1ccccc1)N1CC(C(=O)N(C)C2CCNC2)CC1=O.Cl. The van der Waals surface area contributed by atoms with Crippen molar-refractivity contribution in [2.45, 2.75) is 31.8 Å². The number of hydrogen-bond acceptors (Lipinski definition) is 3. The fourth-order valence-electron chi connectivity index (χ4n) is 3.62. The van der Waals surface area contributed by atoms with Crippen LogP contribution in [0, 0.1) is 5.92 Å². The Balaban J connectivity index is 0.00000208. The zero-order chi connectivity index (χ0) is 16.4. The molecule has 2 fully saturated rings. The topological polar surface area (TPSA) is 52.7 Å². The molecule has 0 aromatic heterocycles. The minimum absolute atomic E-state index is 0. The van der Waals surface area contributed by atoms with E-state index < -0.39 is 0 Å². The van der Waals surface area contributed by atoms with Crippen molar-refractivity contribution in [1.82, 2.24) is 15.1 Å². The molecule has 3 atom stereocenters. The summed E-state index contributed by atoms with van der Waals surface area (Å²) in [7, 11) is 1.87. The van der Waals surface area contributed by atoms with Crippen LogP contribution in [0.15, 0.2) is 30.3 Å². The molecule has 24 heavy (non-hydrogen) atoms. The summed E-state index contributed by atoms with van der Waals surface area (Å²) in [6.45, 7) is 4.37. The van der Waals surface area contributed by atoms with Crippen molar-refractivity contribution in [3.05, 3.63) is 35.9 Å². The van der Waals surface area contributed by atoms with E-state index in [4.69, 9.17) is 0 Å². The van der Waals surface area contributed by atoms with E-state index in [2.05, 4.69) is 5.32 Å². The van der Waals surface area contributed by atoms with Crippen molar-refractivity contribution in [3.63, 3.8) is 0 Å². The van der Waals surface area contributed by atoms with E-state index in [1.54, 1.807) is 0 Å². The van der Waals surface area contributed by atoms with Crippen molar-refractivity contribution in [3.8, 4) is 0 Å². The summed E-state index contributed by atoms with van der Waals surface area (Å²) in [6, 6.07) is 10.3. The third kappa shape index (κ3) is 3.73. The first-order valence-electron chi connectivity index (χ1n) is 8.39. The maximum atomic E-state index is 12.7. The van der Waals surface area contributed by atoms with E-state index in [9.17, 15) is 9.59 Å². The van der Waals surface area contributed by atoms with Gasteiger partial charge in [-0.25, -0.2) is 0 Å². The molecule has 2 aliphatic rings. The van der Waals surface area contributed by atoms with Gasteiger partial charge >= 0.3 is 0 Å². The maximum Gasteiger partial charge on any atom is 0.228 e. The number of nitrogens with one attached hydrogen (secondary N) is 1. The molecule has 3 rings (SSSR count). The number of hydrogen-bond donors (Lipinski definition) is 1. The largest absolute Gasteiger partial charge is 0.341 e. The van der Waals surface area contributed by atoms with Gasteiger partial charge in [0.25, 0.3) is 0 Å². The molecule has 0 bridgehead atoms. The zero-order valence-corrected chi connectivity index (χ0v) is 15.1. The second kappa shape index (κ2) is 7.99. The zero-order valence-electron chi connectivity index (χ0n) is 14.3. The lowest BCUT2D eigenvalue weighted by Crippen LogP contribution is -2.42. The van der Waals surface area contributed by atoms with Crippen LogP contribution in [0.5, 0.6) is 0 Å². The molecule has 2 saturated heterocycles. The minimum atomic E-state index is -0.209. The Kier molecular flexibility index (Phi) is 6.24. The number of likely N-dealkylation sites (N-methyl/N-ethyl adjacent to an activating group) is 1. The summed E-state index contributed by atoms with van der Waals surface area (Å²) >= 11 is 0. The number of carbonyl (C=O) groups is 2. The smallest absolute Gasteiger partial charge is 0.228 e. The summed E-state index contributed by atoms with van der Waals surface area (Å²) in [4.78, 5) is 28.8. The number of halogens is 1. The predicted molar refractivity (Wildman–Crippen MR) is 96.0 cm³/mol. The van der Waals surface area contributed by atoms with Crippen molar-refractivity contribution in [2.24, 2.45) is 5.92 Å². The Bertz CT molecular complexity index is 575. The Morgan fingerprint density at radius 1 is 1.33 bits per heavy atom. The lowest BCUT2D eigenvalue weighted by molar-refractivity contribution is -0.136. The van der Waals surface area contributed by atoms with Gasteiger partial charge in [-0.05, 0) is 25.5 Å². The first kappa shape index (κ1) is 18.7. The summed E-state index contributed by atoms with van der Waals surface area (Å²) in [5.41, 5.74) is 1.11. The summed E-state index contributed by atoms with van der Waals surface area (Å²) < 4.78 is 0. The number of rotatable bonds is 4.